The third-order valence-electron chi connectivity index (χ3n) is 3.85. The van der Waals surface area contributed by atoms with Gasteiger partial charge in [-0.15, -0.1) is 11.3 Å². The summed E-state index contributed by atoms with van der Waals surface area (Å²) in [6, 6.07) is 15.4. The molecule has 4 aromatic rings. The van der Waals surface area contributed by atoms with E-state index in [0.717, 1.165) is 22.2 Å². The predicted molar refractivity (Wildman–Crippen MR) is 99.0 cm³/mol. The van der Waals surface area contributed by atoms with Gasteiger partial charge >= 0.3 is 0 Å². The topological polar surface area (TPSA) is 88.5 Å². The molecule has 0 saturated heterocycles. The molecule has 0 aliphatic carbocycles. The van der Waals surface area contributed by atoms with Crippen molar-refractivity contribution in [3.05, 3.63) is 70.9 Å². The van der Waals surface area contributed by atoms with E-state index >= 15 is 0 Å². The molecule has 2 N–H and O–H groups in total. The van der Waals surface area contributed by atoms with Gasteiger partial charge in [0.1, 0.15) is 10.6 Å². The first-order chi connectivity index (χ1) is 12.2. The molecule has 0 saturated carbocycles. The average molecular weight is 343 g/mol. The molecule has 0 aliphatic heterocycles. The van der Waals surface area contributed by atoms with Crippen molar-refractivity contribution in [2.24, 2.45) is 0 Å². The van der Waals surface area contributed by atoms with E-state index in [4.69, 9.17) is 11.0 Å². The zero-order valence-electron chi connectivity index (χ0n) is 13.2. The van der Waals surface area contributed by atoms with Gasteiger partial charge in [-0.25, -0.2) is 9.97 Å². The minimum atomic E-state index is 0.458. The fourth-order valence-electron chi connectivity index (χ4n) is 2.64. The molecule has 0 radical (unpaired) electrons. The summed E-state index contributed by atoms with van der Waals surface area (Å²) in [5, 5.41) is 9.93. The number of thiophene rings is 1. The summed E-state index contributed by atoms with van der Waals surface area (Å²) in [6.07, 6.45) is 4.39. The van der Waals surface area contributed by atoms with Gasteiger partial charge in [0, 0.05) is 29.3 Å². The third-order valence-corrected chi connectivity index (χ3v) is 4.88. The standard InChI is InChI=1S/C19H13N5S/c20-11-13-2-1-3-14(8-13)18-23-17(21)16-10-15(25-19(16)24-18)9-12-4-6-22-7-5-12/h1-8,10H,9H2,(H2,21,23,24). The van der Waals surface area contributed by atoms with Crippen LogP contribution in [-0.4, -0.2) is 15.0 Å². The van der Waals surface area contributed by atoms with Crippen LogP contribution < -0.4 is 5.73 Å². The van der Waals surface area contributed by atoms with E-state index < -0.39 is 0 Å². The lowest BCUT2D eigenvalue weighted by Crippen LogP contribution is -1.96. The predicted octanol–water partition coefficient (Wildman–Crippen LogP) is 3.80. The van der Waals surface area contributed by atoms with E-state index in [1.54, 1.807) is 35.9 Å². The van der Waals surface area contributed by atoms with E-state index in [1.807, 2.05) is 30.3 Å². The maximum absolute atomic E-state index is 9.06. The number of anilines is 1. The van der Waals surface area contributed by atoms with Crippen molar-refractivity contribution in [3.63, 3.8) is 0 Å². The van der Waals surface area contributed by atoms with Crippen LogP contribution in [0, 0.1) is 11.3 Å². The summed E-state index contributed by atoms with van der Waals surface area (Å²) >= 11 is 1.61. The Hall–Kier alpha value is -3.30. The number of pyridine rings is 1. The van der Waals surface area contributed by atoms with Crippen LogP contribution >= 0.6 is 11.3 Å². The molecule has 1 aromatic carbocycles. The number of nitrogens with zero attached hydrogens (tertiary/aromatic N) is 4. The van der Waals surface area contributed by atoms with Crippen LogP contribution in [0.1, 0.15) is 16.0 Å². The summed E-state index contributed by atoms with van der Waals surface area (Å²) < 4.78 is 0. The van der Waals surface area contributed by atoms with E-state index in [2.05, 4.69) is 21.0 Å². The number of hydrogen-bond donors (Lipinski definition) is 1. The van der Waals surface area contributed by atoms with Gasteiger partial charge in [-0.05, 0) is 35.9 Å². The molecule has 0 spiro atoms. The first kappa shape index (κ1) is 15.2. The van der Waals surface area contributed by atoms with E-state index in [-0.39, 0.29) is 0 Å². The van der Waals surface area contributed by atoms with Crippen LogP contribution in [0.4, 0.5) is 5.82 Å². The Bertz CT molecular complexity index is 1100. The van der Waals surface area contributed by atoms with Gasteiger partial charge in [-0.1, -0.05) is 12.1 Å². The van der Waals surface area contributed by atoms with E-state index in [1.165, 1.54) is 10.4 Å². The average Bonchev–Trinajstić information content (AvgIpc) is 3.05. The number of benzene rings is 1. The van der Waals surface area contributed by atoms with Crippen LogP contribution in [0.25, 0.3) is 21.6 Å². The molecule has 6 heteroatoms. The molecule has 4 rings (SSSR count). The fraction of sp³-hybridized carbons (Fsp3) is 0.0526. The summed E-state index contributed by atoms with van der Waals surface area (Å²) in [4.78, 5) is 15.1. The zero-order valence-corrected chi connectivity index (χ0v) is 14.0. The van der Waals surface area contributed by atoms with Gasteiger partial charge in [0.2, 0.25) is 0 Å². The lowest BCUT2D eigenvalue weighted by molar-refractivity contribution is 1.19. The van der Waals surface area contributed by atoms with Gasteiger partial charge in [-0.3, -0.25) is 4.98 Å². The molecule has 0 amide bonds. The van der Waals surface area contributed by atoms with Gasteiger partial charge in [0.05, 0.1) is 17.0 Å². The van der Waals surface area contributed by atoms with Crippen molar-refractivity contribution in [1.29, 1.82) is 5.26 Å². The minimum absolute atomic E-state index is 0.458. The quantitative estimate of drug-likeness (QED) is 0.611. The number of nitrogens with two attached hydrogens (primary N) is 1. The number of rotatable bonds is 3. The third kappa shape index (κ3) is 3.05. The highest BCUT2D eigenvalue weighted by Crippen LogP contribution is 2.31. The highest BCUT2D eigenvalue weighted by Gasteiger charge is 2.12. The van der Waals surface area contributed by atoms with Crippen molar-refractivity contribution < 1.29 is 0 Å². The molecule has 120 valence electrons. The number of nitriles is 1. The van der Waals surface area contributed by atoms with Crippen molar-refractivity contribution in [2.75, 3.05) is 5.73 Å². The zero-order chi connectivity index (χ0) is 17.2. The lowest BCUT2D eigenvalue weighted by Gasteiger charge is -2.02. The molecule has 3 aromatic heterocycles. The highest BCUT2D eigenvalue weighted by molar-refractivity contribution is 7.18. The first-order valence-corrected chi connectivity index (χ1v) is 8.50. The Balaban J connectivity index is 1.75. The molecule has 3 heterocycles. The van der Waals surface area contributed by atoms with E-state index in [0.29, 0.717) is 17.2 Å². The van der Waals surface area contributed by atoms with Crippen molar-refractivity contribution in [3.8, 4) is 17.5 Å². The lowest BCUT2D eigenvalue weighted by atomic mass is 10.1. The van der Waals surface area contributed by atoms with Crippen LogP contribution in [0.15, 0.2) is 54.9 Å². The van der Waals surface area contributed by atoms with Gasteiger partial charge in [-0.2, -0.15) is 5.26 Å². The summed E-state index contributed by atoms with van der Waals surface area (Å²) in [6.45, 7) is 0. The Labute approximate surface area is 148 Å². The van der Waals surface area contributed by atoms with Gasteiger partial charge in [0.15, 0.2) is 5.82 Å². The number of hydrogen-bond acceptors (Lipinski definition) is 6. The van der Waals surface area contributed by atoms with Crippen LogP contribution in [-0.2, 0) is 6.42 Å². The van der Waals surface area contributed by atoms with Crippen LogP contribution in [0.3, 0.4) is 0 Å². The summed E-state index contributed by atoms with van der Waals surface area (Å²) in [5.41, 5.74) is 8.70. The Morgan fingerprint density at radius 2 is 1.92 bits per heavy atom. The normalized spacial score (nSPS) is 10.7. The number of nitrogen functional groups attached to an aromatic ring is 1. The van der Waals surface area contributed by atoms with E-state index in [9.17, 15) is 0 Å². The molecule has 0 fully saturated rings. The molecule has 0 atom stereocenters. The molecule has 5 nitrogen and oxygen atoms in total. The molecular formula is C19H13N5S. The highest BCUT2D eigenvalue weighted by atomic mass is 32.1. The number of aromatic nitrogens is 3. The second kappa shape index (κ2) is 6.30. The Morgan fingerprint density at radius 1 is 1.08 bits per heavy atom. The molecule has 0 unspecified atom stereocenters. The van der Waals surface area contributed by atoms with Crippen LogP contribution in [0.5, 0.6) is 0 Å². The van der Waals surface area contributed by atoms with Crippen molar-refractivity contribution in [1.82, 2.24) is 15.0 Å². The SMILES string of the molecule is N#Cc1cccc(-c2nc(N)c3cc(Cc4ccncc4)sc3n2)c1. The molecule has 25 heavy (non-hydrogen) atoms. The molecular weight excluding hydrogens is 330 g/mol. The maximum Gasteiger partial charge on any atom is 0.163 e. The monoisotopic (exact) mass is 343 g/mol. The largest absolute Gasteiger partial charge is 0.383 e. The summed E-state index contributed by atoms with van der Waals surface area (Å²) in [7, 11) is 0. The second-order valence-electron chi connectivity index (χ2n) is 5.59. The van der Waals surface area contributed by atoms with Crippen molar-refractivity contribution >= 4 is 27.4 Å². The maximum atomic E-state index is 9.06. The number of fused-ring (bicyclic) bond motifs is 1. The van der Waals surface area contributed by atoms with Crippen molar-refractivity contribution in [2.45, 2.75) is 6.42 Å². The van der Waals surface area contributed by atoms with Gasteiger partial charge < -0.3 is 5.73 Å². The van der Waals surface area contributed by atoms with Gasteiger partial charge in [0.25, 0.3) is 0 Å². The first-order valence-electron chi connectivity index (χ1n) is 7.68. The fourth-order valence-corrected chi connectivity index (χ4v) is 3.71. The van der Waals surface area contributed by atoms with Crippen LogP contribution in [0.2, 0.25) is 0 Å². The Kier molecular flexibility index (Phi) is 3.84. The molecule has 0 bridgehead atoms. The molecule has 0 aliphatic rings. The Morgan fingerprint density at radius 3 is 2.72 bits per heavy atom. The second-order valence-corrected chi connectivity index (χ2v) is 6.70. The smallest absolute Gasteiger partial charge is 0.163 e. The minimum Gasteiger partial charge on any atom is -0.383 e. The summed E-state index contributed by atoms with van der Waals surface area (Å²) in [5.74, 6) is 0.999.